The molecule has 2 N–H and O–H groups in total. The lowest BCUT2D eigenvalue weighted by Gasteiger charge is -2.10. The molecule has 0 saturated heterocycles. The molecule has 0 radical (unpaired) electrons. The van der Waals surface area contributed by atoms with Gasteiger partial charge in [-0.05, 0) is 43.0 Å². The lowest BCUT2D eigenvalue weighted by molar-refractivity contribution is 0.0926. The van der Waals surface area contributed by atoms with Crippen LogP contribution in [-0.2, 0) is 6.54 Å². The first-order valence-corrected chi connectivity index (χ1v) is 9.74. The van der Waals surface area contributed by atoms with Gasteiger partial charge in [-0.15, -0.1) is 0 Å². The topological polar surface area (TPSA) is 75.5 Å². The van der Waals surface area contributed by atoms with Gasteiger partial charge in [-0.3, -0.25) is 14.0 Å². The van der Waals surface area contributed by atoms with Crippen LogP contribution in [0.5, 0.6) is 0 Å². The van der Waals surface area contributed by atoms with E-state index in [1.807, 2.05) is 49.4 Å². The quantitative estimate of drug-likeness (QED) is 0.718. The molecule has 1 aliphatic carbocycles. The summed E-state index contributed by atoms with van der Waals surface area (Å²) in [5, 5.41) is 5.98. The second-order valence-electron chi connectivity index (χ2n) is 7.30. The number of nitrogens with one attached hydrogen (secondary N) is 2. The summed E-state index contributed by atoms with van der Waals surface area (Å²) < 4.78 is 1.69. The van der Waals surface area contributed by atoms with E-state index in [4.69, 9.17) is 0 Å². The number of hydrogen-bond acceptors (Lipinski definition) is 3. The Kier molecular flexibility index (Phi) is 5.10. The van der Waals surface area contributed by atoms with Gasteiger partial charge in [0, 0.05) is 18.8 Å². The average Bonchev–Trinajstić information content (AvgIpc) is 3.35. The minimum absolute atomic E-state index is 0.196. The summed E-state index contributed by atoms with van der Waals surface area (Å²) in [6.45, 7) is 2.43. The zero-order chi connectivity index (χ0) is 19.5. The van der Waals surface area contributed by atoms with Gasteiger partial charge in [-0.25, -0.2) is 4.98 Å². The summed E-state index contributed by atoms with van der Waals surface area (Å²) in [5.41, 5.74) is 3.07. The van der Waals surface area contributed by atoms with Gasteiger partial charge < -0.3 is 10.6 Å². The van der Waals surface area contributed by atoms with Crippen molar-refractivity contribution in [3.63, 3.8) is 0 Å². The van der Waals surface area contributed by atoms with Crippen molar-refractivity contribution in [3.05, 3.63) is 71.3 Å². The molecular weight excluding hydrogens is 352 g/mol. The van der Waals surface area contributed by atoms with Crippen LogP contribution in [0.1, 0.15) is 57.9 Å². The molecule has 2 heterocycles. The van der Waals surface area contributed by atoms with E-state index in [-0.39, 0.29) is 29.4 Å². The lowest BCUT2D eigenvalue weighted by atomic mass is 10.1. The van der Waals surface area contributed by atoms with Crippen LogP contribution in [0.3, 0.4) is 0 Å². The number of carbonyl (C=O) groups is 2. The minimum atomic E-state index is -0.285. The Morgan fingerprint density at radius 1 is 1.07 bits per heavy atom. The standard InChI is InChI=1S/C22H24N4O2/c1-15-8-2-3-9-16(15)14-23-21(27)19-18-12-6-7-13-26(18)20(25-19)22(28)24-17-10-4-5-11-17/h2-3,6-9,12-13,17H,4-5,10-11,14H2,1H3,(H,23,27)(H,24,28). The molecule has 0 spiro atoms. The van der Waals surface area contributed by atoms with E-state index in [1.54, 1.807) is 10.6 Å². The zero-order valence-corrected chi connectivity index (χ0v) is 15.9. The molecule has 1 aromatic carbocycles. The molecule has 2 amide bonds. The molecule has 144 valence electrons. The maximum absolute atomic E-state index is 12.8. The molecule has 2 aromatic heterocycles. The Hall–Kier alpha value is -3.15. The first-order valence-electron chi connectivity index (χ1n) is 9.74. The third-order valence-corrected chi connectivity index (χ3v) is 5.36. The molecule has 3 aromatic rings. The molecule has 1 fully saturated rings. The third-order valence-electron chi connectivity index (χ3n) is 5.36. The number of carbonyl (C=O) groups excluding carboxylic acids is 2. The van der Waals surface area contributed by atoms with Crippen LogP contribution in [0, 0.1) is 6.92 Å². The molecule has 1 saturated carbocycles. The highest BCUT2D eigenvalue weighted by Gasteiger charge is 2.24. The van der Waals surface area contributed by atoms with Crippen molar-refractivity contribution in [1.82, 2.24) is 20.0 Å². The number of benzene rings is 1. The normalized spacial score (nSPS) is 14.3. The summed E-state index contributed by atoms with van der Waals surface area (Å²) in [6, 6.07) is 13.6. The first-order chi connectivity index (χ1) is 13.6. The largest absolute Gasteiger partial charge is 0.347 e. The fraction of sp³-hybridized carbons (Fsp3) is 0.318. The number of fused-ring (bicyclic) bond motifs is 1. The van der Waals surface area contributed by atoms with Gasteiger partial charge >= 0.3 is 0 Å². The van der Waals surface area contributed by atoms with Crippen molar-refractivity contribution in [2.45, 2.75) is 45.2 Å². The minimum Gasteiger partial charge on any atom is -0.347 e. The number of nitrogens with zero attached hydrogens (tertiary/aromatic N) is 2. The third kappa shape index (κ3) is 3.63. The van der Waals surface area contributed by atoms with E-state index in [1.165, 1.54) is 0 Å². The summed E-state index contributed by atoms with van der Waals surface area (Å²) in [5.74, 6) is -0.263. The van der Waals surface area contributed by atoms with Crippen molar-refractivity contribution in [3.8, 4) is 0 Å². The molecular formula is C22H24N4O2. The highest BCUT2D eigenvalue weighted by atomic mass is 16.2. The molecule has 0 atom stereocenters. The summed E-state index contributed by atoms with van der Waals surface area (Å²) >= 11 is 0. The van der Waals surface area contributed by atoms with Crippen molar-refractivity contribution in [1.29, 1.82) is 0 Å². The highest BCUT2D eigenvalue weighted by molar-refractivity contribution is 6.02. The number of aromatic nitrogens is 2. The van der Waals surface area contributed by atoms with Crippen molar-refractivity contribution < 1.29 is 9.59 Å². The first kappa shape index (κ1) is 18.2. The smallest absolute Gasteiger partial charge is 0.287 e. The number of aryl methyl sites for hydroxylation is 1. The molecule has 0 unspecified atom stereocenters. The average molecular weight is 376 g/mol. The maximum Gasteiger partial charge on any atom is 0.287 e. The number of hydrogen-bond donors (Lipinski definition) is 2. The fourth-order valence-electron chi connectivity index (χ4n) is 3.75. The maximum atomic E-state index is 12.8. The Morgan fingerprint density at radius 3 is 2.61 bits per heavy atom. The van der Waals surface area contributed by atoms with Gasteiger partial charge in [0.05, 0.1) is 5.52 Å². The van der Waals surface area contributed by atoms with Crippen LogP contribution >= 0.6 is 0 Å². The summed E-state index contributed by atoms with van der Waals surface area (Å²) in [4.78, 5) is 30.0. The zero-order valence-electron chi connectivity index (χ0n) is 15.9. The van der Waals surface area contributed by atoms with E-state index in [2.05, 4.69) is 15.6 Å². The Balaban J connectivity index is 1.57. The summed E-state index contributed by atoms with van der Waals surface area (Å²) in [6.07, 6.45) is 6.04. The SMILES string of the molecule is Cc1ccccc1CNC(=O)c1nc(C(=O)NC2CCCC2)n2ccccc12. The molecule has 1 aliphatic rings. The van der Waals surface area contributed by atoms with Crippen molar-refractivity contribution >= 4 is 17.3 Å². The second-order valence-corrected chi connectivity index (χ2v) is 7.30. The summed E-state index contributed by atoms with van der Waals surface area (Å²) in [7, 11) is 0. The molecule has 0 aliphatic heterocycles. The second kappa shape index (κ2) is 7.84. The monoisotopic (exact) mass is 376 g/mol. The fourth-order valence-corrected chi connectivity index (χ4v) is 3.75. The molecule has 28 heavy (non-hydrogen) atoms. The van der Waals surface area contributed by atoms with Gasteiger partial charge in [0.2, 0.25) is 5.82 Å². The van der Waals surface area contributed by atoms with Crippen LogP contribution in [0.2, 0.25) is 0 Å². The van der Waals surface area contributed by atoms with Gasteiger partial charge in [0.25, 0.3) is 11.8 Å². The van der Waals surface area contributed by atoms with Crippen LogP contribution in [0.25, 0.3) is 5.52 Å². The Labute approximate surface area is 164 Å². The van der Waals surface area contributed by atoms with E-state index in [0.717, 1.165) is 36.8 Å². The number of pyridine rings is 1. The van der Waals surface area contributed by atoms with Crippen LogP contribution < -0.4 is 10.6 Å². The molecule has 6 heteroatoms. The molecule has 0 bridgehead atoms. The number of rotatable bonds is 5. The predicted molar refractivity (Wildman–Crippen MR) is 107 cm³/mol. The Bertz CT molecular complexity index is 1020. The van der Waals surface area contributed by atoms with Gasteiger partial charge in [-0.1, -0.05) is 43.2 Å². The number of amides is 2. The van der Waals surface area contributed by atoms with Gasteiger partial charge in [0.15, 0.2) is 5.69 Å². The van der Waals surface area contributed by atoms with Crippen LogP contribution in [0.4, 0.5) is 0 Å². The van der Waals surface area contributed by atoms with E-state index < -0.39 is 0 Å². The highest BCUT2D eigenvalue weighted by Crippen LogP contribution is 2.19. The molecule has 6 nitrogen and oxygen atoms in total. The van der Waals surface area contributed by atoms with Crippen LogP contribution in [-0.4, -0.2) is 27.2 Å². The van der Waals surface area contributed by atoms with Crippen LogP contribution in [0.15, 0.2) is 48.7 Å². The van der Waals surface area contributed by atoms with E-state index in [0.29, 0.717) is 12.1 Å². The number of imidazole rings is 1. The van der Waals surface area contributed by atoms with E-state index >= 15 is 0 Å². The Morgan fingerprint density at radius 2 is 1.82 bits per heavy atom. The predicted octanol–water partition coefficient (Wildman–Crippen LogP) is 3.25. The van der Waals surface area contributed by atoms with Crippen molar-refractivity contribution in [2.24, 2.45) is 0 Å². The lowest BCUT2D eigenvalue weighted by Crippen LogP contribution is -2.34. The van der Waals surface area contributed by atoms with Gasteiger partial charge in [0.1, 0.15) is 0 Å². The van der Waals surface area contributed by atoms with Crippen molar-refractivity contribution in [2.75, 3.05) is 0 Å². The molecule has 4 rings (SSSR count). The van der Waals surface area contributed by atoms with Gasteiger partial charge in [-0.2, -0.15) is 0 Å². The van der Waals surface area contributed by atoms with E-state index in [9.17, 15) is 9.59 Å².